The second-order valence-corrected chi connectivity index (χ2v) is 9.77. The standard InChI is InChI=1S/C21H20N2O4S2/c24-21(22-17-8-4-5-9-18(17)23-12-14-27-15-13-23)19-10-11-20(28-19)29(25,26)16-6-2-1-3-7-16/h1-11H,12-15H2,(H,22,24). The highest BCUT2D eigenvalue weighted by Crippen LogP contribution is 2.30. The molecule has 0 atom stereocenters. The minimum Gasteiger partial charge on any atom is -0.378 e. The smallest absolute Gasteiger partial charge is 0.265 e. The fraction of sp³-hybridized carbons (Fsp3) is 0.190. The normalized spacial score (nSPS) is 14.6. The zero-order chi connectivity index (χ0) is 20.3. The van der Waals surface area contributed by atoms with Gasteiger partial charge in [-0.05, 0) is 36.4 Å². The Labute approximate surface area is 173 Å². The Morgan fingerprint density at radius 3 is 2.38 bits per heavy atom. The van der Waals surface area contributed by atoms with Crippen LogP contribution in [0, 0.1) is 0 Å². The van der Waals surface area contributed by atoms with Gasteiger partial charge >= 0.3 is 0 Å². The molecule has 8 heteroatoms. The van der Waals surface area contributed by atoms with Gasteiger partial charge in [-0.15, -0.1) is 11.3 Å². The van der Waals surface area contributed by atoms with Crippen molar-refractivity contribution in [3.8, 4) is 0 Å². The van der Waals surface area contributed by atoms with Gasteiger partial charge in [-0.1, -0.05) is 30.3 Å². The number of rotatable bonds is 5. The van der Waals surface area contributed by atoms with E-state index in [2.05, 4.69) is 10.2 Å². The summed E-state index contributed by atoms with van der Waals surface area (Å²) >= 11 is 0.970. The van der Waals surface area contributed by atoms with Crippen LogP contribution in [-0.4, -0.2) is 40.6 Å². The summed E-state index contributed by atoms with van der Waals surface area (Å²) in [6, 6.07) is 18.8. The molecule has 1 N–H and O–H groups in total. The predicted molar refractivity (Wildman–Crippen MR) is 114 cm³/mol. The van der Waals surface area contributed by atoms with Crippen molar-refractivity contribution in [3.05, 3.63) is 71.6 Å². The summed E-state index contributed by atoms with van der Waals surface area (Å²) in [5.41, 5.74) is 1.62. The third-order valence-corrected chi connectivity index (χ3v) is 7.97. The van der Waals surface area contributed by atoms with E-state index < -0.39 is 9.84 Å². The van der Waals surface area contributed by atoms with Crippen molar-refractivity contribution in [1.29, 1.82) is 0 Å². The molecule has 3 aromatic rings. The molecule has 1 amide bonds. The molecule has 0 bridgehead atoms. The molecule has 29 heavy (non-hydrogen) atoms. The molecular formula is C21H20N2O4S2. The number of hydrogen-bond acceptors (Lipinski definition) is 6. The number of amides is 1. The number of sulfone groups is 1. The number of morpholine rings is 1. The summed E-state index contributed by atoms with van der Waals surface area (Å²) in [5, 5.41) is 2.92. The summed E-state index contributed by atoms with van der Waals surface area (Å²) in [4.78, 5) is 15.5. The van der Waals surface area contributed by atoms with Crippen LogP contribution in [0.15, 0.2) is 75.8 Å². The monoisotopic (exact) mass is 428 g/mol. The lowest BCUT2D eigenvalue weighted by molar-refractivity contribution is 0.103. The average Bonchev–Trinajstić information content (AvgIpc) is 3.27. The number of carbonyl (C=O) groups is 1. The number of ether oxygens (including phenoxy) is 1. The molecular weight excluding hydrogens is 408 g/mol. The highest BCUT2D eigenvalue weighted by molar-refractivity contribution is 7.93. The number of benzene rings is 2. The quantitative estimate of drug-likeness (QED) is 0.671. The van der Waals surface area contributed by atoms with E-state index in [1.54, 1.807) is 36.4 Å². The Morgan fingerprint density at radius 1 is 0.931 bits per heavy atom. The van der Waals surface area contributed by atoms with Gasteiger partial charge in [0.15, 0.2) is 0 Å². The Balaban J connectivity index is 1.55. The van der Waals surface area contributed by atoms with Crippen LogP contribution < -0.4 is 10.2 Å². The number of carbonyl (C=O) groups excluding carboxylic acids is 1. The molecule has 2 aromatic carbocycles. The van der Waals surface area contributed by atoms with Crippen LogP contribution in [0.5, 0.6) is 0 Å². The first-order chi connectivity index (χ1) is 14.1. The van der Waals surface area contributed by atoms with E-state index in [1.165, 1.54) is 6.07 Å². The Kier molecular flexibility index (Phi) is 5.66. The number of nitrogens with one attached hydrogen (secondary N) is 1. The zero-order valence-corrected chi connectivity index (χ0v) is 17.2. The van der Waals surface area contributed by atoms with Crippen molar-refractivity contribution in [2.24, 2.45) is 0 Å². The van der Waals surface area contributed by atoms with Crippen molar-refractivity contribution in [3.63, 3.8) is 0 Å². The third-order valence-electron chi connectivity index (χ3n) is 4.63. The minimum absolute atomic E-state index is 0.148. The fourth-order valence-corrected chi connectivity index (χ4v) is 5.77. The van der Waals surface area contributed by atoms with Gasteiger partial charge in [-0.2, -0.15) is 0 Å². The molecule has 2 heterocycles. The maximum absolute atomic E-state index is 12.8. The third kappa shape index (κ3) is 4.19. The molecule has 0 unspecified atom stereocenters. The summed E-state index contributed by atoms with van der Waals surface area (Å²) in [5.74, 6) is -0.328. The lowest BCUT2D eigenvalue weighted by Crippen LogP contribution is -2.36. The molecule has 1 fully saturated rings. The largest absolute Gasteiger partial charge is 0.378 e. The van der Waals surface area contributed by atoms with Crippen LogP contribution in [0.25, 0.3) is 0 Å². The van der Waals surface area contributed by atoms with Gasteiger partial charge in [0, 0.05) is 13.1 Å². The van der Waals surface area contributed by atoms with Crippen LogP contribution in [-0.2, 0) is 14.6 Å². The number of anilines is 2. The summed E-state index contributed by atoms with van der Waals surface area (Å²) in [6.07, 6.45) is 0. The van der Waals surface area contributed by atoms with Crippen molar-refractivity contribution in [2.75, 3.05) is 36.5 Å². The van der Waals surface area contributed by atoms with Gasteiger partial charge in [0.25, 0.3) is 5.91 Å². The number of para-hydroxylation sites is 2. The second kappa shape index (κ2) is 8.36. The molecule has 4 rings (SSSR count). The Morgan fingerprint density at radius 2 is 1.62 bits per heavy atom. The van der Waals surface area contributed by atoms with Crippen molar-refractivity contribution < 1.29 is 17.9 Å². The number of nitrogens with zero attached hydrogens (tertiary/aromatic N) is 1. The van der Waals surface area contributed by atoms with Gasteiger partial charge in [0.2, 0.25) is 9.84 Å². The summed E-state index contributed by atoms with van der Waals surface area (Å²) < 4.78 is 31.0. The van der Waals surface area contributed by atoms with Crippen LogP contribution >= 0.6 is 11.3 Å². The molecule has 6 nitrogen and oxygen atoms in total. The Hall–Kier alpha value is -2.68. The second-order valence-electron chi connectivity index (χ2n) is 6.51. The highest BCUT2D eigenvalue weighted by Gasteiger charge is 2.22. The number of thiophene rings is 1. The van der Waals surface area contributed by atoms with Crippen LogP contribution in [0.4, 0.5) is 11.4 Å². The first-order valence-electron chi connectivity index (χ1n) is 9.19. The molecule has 1 saturated heterocycles. The van der Waals surface area contributed by atoms with Gasteiger partial charge in [0.05, 0.1) is 34.4 Å². The maximum atomic E-state index is 12.8. The molecule has 0 saturated carbocycles. The predicted octanol–water partition coefficient (Wildman–Crippen LogP) is 3.67. The first kappa shape index (κ1) is 19.6. The van der Waals surface area contributed by atoms with E-state index in [0.29, 0.717) is 23.8 Å². The van der Waals surface area contributed by atoms with Crippen molar-refractivity contribution in [2.45, 2.75) is 9.10 Å². The maximum Gasteiger partial charge on any atom is 0.265 e. The Bertz CT molecular complexity index is 1100. The van der Waals surface area contributed by atoms with Gasteiger partial charge < -0.3 is 15.0 Å². The zero-order valence-electron chi connectivity index (χ0n) is 15.6. The summed E-state index contributed by atoms with van der Waals surface area (Å²) in [6.45, 7) is 2.80. The van der Waals surface area contributed by atoms with Gasteiger partial charge in [0.1, 0.15) is 4.21 Å². The van der Waals surface area contributed by atoms with E-state index >= 15 is 0 Å². The average molecular weight is 429 g/mol. The highest BCUT2D eigenvalue weighted by atomic mass is 32.2. The van der Waals surface area contributed by atoms with Gasteiger partial charge in [-0.3, -0.25) is 4.79 Å². The molecule has 1 aliphatic rings. The molecule has 150 valence electrons. The molecule has 0 radical (unpaired) electrons. The van der Waals surface area contributed by atoms with Crippen LogP contribution in [0.3, 0.4) is 0 Å². The molecule has 1 aliphatic heterocycles. The molecule has 0 aliphatic carbocycles. The van der Waals surface area contributed by atoms with E-state index in [0.717, 1.165) is 30.1 Å². The number of hydrogen-bond donors (Lipinski definition) is 1. The van der Waals surface area contributed by atoms with Gasteiger partial charge in [-0.25, -0.2) is 8.42 Å². The lowest BCUT2D eigenvalue weighted by atomic mass is 10.2. The van der Waals surface area contributed by atoms with E-state index in [1.807, 2.05) is 24.3 Å². The molecule has 0 spiro atoms. The van der Waals surface area contributed by atoms with E-state index in [-0.39, 0.29) is 15.0 Å². The lowest BCUT2D eigenvalue weighted by Gasteiger charge is -2.30. The first-order valence-corrected chi connectivity index (χ1v) is 11.5. The van der Waals surface area contributed by atoms with E-state index in [4.69, 9.17) is 4.74 Å². The van der Waals surface area contributed by atoms with E-state index in [9.17, 15) is 13.2 Å². The molecule has 1 aromatic heterocycles. The summed E-state index contributed by atoms with van der Waals surface area (Å²) in [7, 11) is -3.63. The SMILES string of the molecule is O=C(Nc1ccccc1N1CCOCC1)c1ccc(S(=O)(=O)c2ccccc2)s1. The minimum atomic E-state index is -3.63. The van der Waals surface area contributed by atoms with Crippen LogP contribution in [0.2, 0.25) is 0 Å². The van der Waals surface area contributed by atoms with Crippen molar-refractivity contribution >= 4 is 38.5 Å². The fourth-order valence-electron chi connectivity index (χ4n) is 3.15. The van der Waals surface area contributed by atoms with Crippen molar-refractivity contribution in [1.82, 2.24) is 0 Å². The van der Waals surface area contributed by atoms with Crippen LogP contribution in [0.1, 0.15) is 9.67 Å². The topological polar surface area (TPSA) is 75.7 Å².